The molecule has 1 aliphatic rings. The van der Waals surface area contributed by atoms with Crippen molar-refractivity contribution in [3.63, 3.8) is 0 Å². The summed E-state index contributed by atoms with van der Waals surface area (Å²) in [5.41, 5.74) is 1.24. The topological polar surface area (TPSA) is 29.1 Å². The zero-order valence-corrected chi connectivity index (χ0v) is 11.4. The number of hydrogen-bond donors (Lipinski definition) is 1. The van der Waals surface area contributed by atoms with Gasteiger partial charge in [-0.25, -0.2) is 0 Å². The van der Waals surface area contributed by atoms with Gasteiger partial charge in [0.2, 0.25) is 0 Å². The molecule has 0 radical (unpaired) electrons. The average Bonchev–Trinajstić information content (AvgIpc) is 3.13. The molecule has 0 aromatic heterocycles. The van der Waals surface area contributed by atoms with Crippen LogP contribution in [0.3, 0.4) is 0 Å². The van der Waals surface area contributed by atoms with Gasteiger partial charge >= 0.3 is 0 Å². The lowest BCUT2D eigenvalue weighted by Crippen LogP contribution is -2.42. The fourth-order valence-electron chi connectivity index (χ4n) is 2.27. The number of ketones is 1. The van der Waals surface area contributed by atoms with Gasteiger partial charge in [0.1, 0.15) is 5.78 Å². The predicted molar refractivity (Wildman–Crippen MR) is 74.6 cm³/mol. The van der Waals surface area contributed by atoms with Crippen LogP contribution in [0, 0.1) is 5.92 Å². The van der Waals surface area contributed by atoms with Crippen molar-refractivity contribution in [1.29, 1.82) is 0 Å². The van der Waals surface area contributed by atoms with Crippen LogP contribution in [-0.2, 0) is 11.2 Å². The van der Waals surface area contributed by atoms with E-state index in [1.165, 1.54) is 18.4 Å². The van der Waals surface area contributed by atoms with Gasteiger partial charge in [0.15, 0.2) is 0 Å². The van der Waals surface area contributed by atoms with E-state index in [4.69, 9.17) is 0 Å². The van der Waals surface area contributed by atoms with Crippen molar-refractivity contribution in [3.05, 3.63) is 35.9 Å². The van der Waals surface area contributed by atoms with Crippen molar-refractivity contribution >= 4 is 5.78 Å². The summed E-state index contributed by atoms with van der Waals surface area (Å²) in [7, 11) is 0. The number of carbonyl (C=O) groups excluding carboxylic acids is 1. The molecule has 2 heteroatoms. The summed E-state index contributed by atoms with van der Waals surface area (Å²) in [6, 6.07) is 10.6. The molecule has 0 bridgehead atoms. The summed E-state index contributed by atoms with van der Waals surface area (Å²) in [5.74, 6) is 1.06. The lowest BCUT2D eigenvalue weighted by molar-refractivity contribution is -0.121. The molecule has 2 rings (SSSR count). The van der Waals surface area contributed by atoms with E-state index in [1.54, 1.807) is 0 Å². The summed E-state index contributed by atoms with van der Waals surface area (Å²) < 4.78 is 0. The molecule has 0 aliphatic heterocycles. The van der Waals surface area contributed by atoms with Gasteiger partial charge in [-0.1, -0.05) is 44.2 Å². The molecule has 0 amide bonds. The second-order valence-electron chi connectivity index (χ2n) is 5.68. The maximum absolute atomic E-state index is 12.3. The zero-order chi connectivity index (χ0) is 13.0. The predicted octanol–water partition coefficient (Wildman–Crippen LogP) is 2.96. The first-order chi connectivity index (χ1) is 8.65. The molecule has 0 saturated heterocycles. The van der Waals surface area contributed by atoms with Crippen molar-refractivity contribution in [2.45, 2.75) is 51.6 Å². The summed E-state index contributed by atoms with van der Waals surface area (Å²) in [4.78, 5) is 12.3. The smallest absolute Gasteiger partial charge is 0.150 e. The summed E-state index contributed by atoms with van der Waals surface area (Å²) in [6.45, 7) is 4.20. The van der Waals surface area contributed by atoms with Gasteiger partial charge in [-0.2, -0.15) is 0 Å². The molecule has 0 unspecified atom stereocenters. The molecule has 1 aliphatic carbocycles. The minimum atomic E-state index is -0.0204. The molecule has 18 heavy (non-hydrogen) atoms. The molecule has 1 aromatic rings. The lowest BCUT2D eigenvalue weighted by atomic mass is 9.98. The van der Waals surface area contributed by atoms with Crippen LogP contribution in [0.15, 0.2) is 30.3 Å². The lowest BCUT2D eigenvalue weighted by Gasteiger charge is -2.20. The van der Waals surface area contributed by atoms with E-state index >= 15 is 0 Å². The van der Waals surface area contributed by atoms with Crippen LogP contribution in [0.2, 0.25) is 0 Å². The molecule has 1 fully saturated rings. The second kappa shape index (κ2) is 6.14. The molecular weight excluding hydrogens is 222 g/mol. The fraction of sp³-hybridized carbons (Fsp3) is 0.562. The summed E-state index contributed by atoms with van der Waals surface area (Å²) >= 11 is 0. The Kier molecular flexibility index (Phi) is 4.54. The van der Waals surface area contributed by atoms with Crippen LogP contribution < -0.4 is 5.32 Å². The summed E-state index contributed by atoms with van der Waals surface area (Å²) in [6.07, 6.45) is 4.05. The van der Waals surface area contributed by atoms with Gasteiger partial charge in [-0.3, -0.25) is 4.79 Å². The molecule has 0 heterocycles. The Morgan fingerprint density at radius 1 is 1.28 bits per heavy atom. The van der Waals surface area contributed by atoms with E-state index in [2.05, 4.69) is 31.3 Å². The first-order valence-electron chi connectivity index (χ1n) is 6.98. The highest BCUT2D eigenvalue weighted by Crippen LogP contribution is 2.33. The van der Waals surface area contributed by atoms with Crippen LogP contribution in [-0.4, -0.2) is 17.9 Å². The molecule has 1 aromatic carbocycles. The van der Waals surface area contributed by atoms with E-state index in [0.717, 1.165) is 12.8 Å². The standard InChI is InChI=1S/C16H23NO/c1-12(2)17-15(16(18)11-14-8-9-14)10-13-6-4-3-5-7-13/h3-7,12,14-15,17H,8-11H2,1-2H3/t15-/m0/s1. The molecule has 0 spiro atoms. The normalized spacial score (nSPS) is 16.8. The third-order valence-corrected chi connectivity index (χ3v) is 3.39. The Hall–Kier alpha value is -1.15. The van der Waals surface area contributed by atoms with Gasteiger partial charge in [0.25, 0.3) is 0 Å². The Labute approximate surface area is 110 Å². The van der Waals surface area contributed by atoms with Crippen LogP contribution in [0.5, 0.6) is 0 Å². The van der Waals surface area contributed by atoms with Gasteiger partial charge < -0.3 is 5.32 Å². The highest BCUT2D eigenvalue weighted by Gasteiger charge is 2.28. The van der Waals surface area contributed by atoms with E-state index in [-0.39, 0.29) is 6.04 Å². The zero-order valence-electron chi connectivity index (χ0n) is 11.4. The number of nitrogens with one attached hydrogen (secondary N) is 1. The first-order valence-corrected chi connectivity index (χ1v) is 6.98. The molecular formula is C16H23NO. The highest BCUT2D eigenvalue weighted by molar-refractivity contribution is 5.84. The Balaban J connectivity index is 1.97. The third-order valence-electron chi connectivity index (χ3n) is 3.39. The Morgan fingerprint density at radius 3 is 2.50 bits per heavy atom. The Morgan fingerprint density at radius 2 is 1.94 bits per heavy atom. The summed E-state index contributed by atoms with van der Waals surface area (Å²) in [5, 5.41) is 3.41. The van der Waals surface area contributed by atoms with Crippen molar-refractivity contribution < 1.29 is 4.79 Å². The van der Waals surface area contributed by atoms with Crippen LogP contribution in [0.25, 0.3) is 0 Å². The quantitative estimate of drug-likeness (QED) is 0.800. The first kappa shape index (κ1) is 13.3. The number of Topliss-reactive ketones (excluding diaryl/α,β-unsaturated/α-hetero) is 1. The largest absolute Gasteiger partial charge is 0.305 e. The molecule has 2 nitrogen and oxygen atoms in total. The van der Waals surface area contributed by atoms with Gasteiger partial charge in [0, 0.05) is 12.5 Å². The SMILES string of the molecule is CC(C)N[C@@H](Cc1ccccc1)C(=O)CC1CC1. The molecule has 1 saturated carbocycles. The molecule has 98 valence electrons. The fourth-order valence-corrected chi connectivity index (χ4v) is 2.27. The number of rotatable bonds is 7. The monoisotopic (exact) mass is 245 g/mol. The van der Waals surface area contributed by atoms with Gasteiger partial charge in [0.05, 0.1) is 6.04 Å². The van der Waals surface area contributed by atoms with E-state index in [0.29, 0.717) is 17.7 Å². The van der Waals surface area contributed by atoms with Crippen LogP contribution in [0.1, 0.15) is 38.7 Å². The maximum Gasteiger partial charge on any atom is 0.150 e. The number of hydrogen-bond acceptors (Lipinski definition) is 2. The minimum absolute atomic E-state index is 0.0204. The van der Waals surface area contributed by atoms with Gasteiger partial charge in [-0.05, 0) is 30.7 Å². The molecule has 1 N–H and O–H groups in total. The van der Waals surface area contributed by atoms with Crippen molar-refractivity contribution in [3.8, 4) is 0 Å². The average molecular weight is 245 g/mol. The van der Waals surface area contributed by atoms with Crippen molar-refractivity contribution in [2.24, 2.45) is 5.92 Å². The Bertz CT molecular complexity index is 381. The second-order valence-corrected chi connectivity index (χ2v) is 5.68. The van der Waals surface area contributed by atoms with E-state index in [1.807, 2.05) is 18.2 Å². The highest BCUT2D eigenvalue weighted by atomic mass is 16.1. The number of carbonyl (C=O) groups is 1. The van der Waals surface area contributed by atoms with Crippen LogP contribution >= 0.6 is 0 Å². The minimum Gasteiger partial charge on any atom is -0.305 e. The maximum atomic E-state index is 12.3. The van der Waals surface area contributed by atoms with E-state index < -0.39 is 0 Å². The third kappa shape index (κ3) is 4.26. The van der Waals surface area contributed by atoms with Gasteiger partial charge in [-0.15, -0.1) is 0 Å². The van der Waals surface area contributed by atoms with Crippen LogP contribution in [0.4, 0.5) is 0 Å². The molecule has 1 atom stereocenters. The van der Waals surface area contributed by atoms with E-state index in [9.17, 15) is 4.79 Å². The van der Waals surface area contributed by atoms with Crippen molar-refractivity contribution in [2.75, 3.05) is 0 Å². The number of benzene rings is 1. The van der Waals surface area contributed by atoms with Crippen molar-refractivity contribution in [1.82, 2.24) is 5.32 Å².